The topological polar surface area (TPSA) is 78.9 Å². The van der Waals surface area contributed by atoms with Crippen LogP contribution in [0.4, 0.5) is 0 Å². The Kier molecular flexibility index (Phi) is 6.49. The normalized spacial score (nSPS) is 10.1. The lowest BCUT2D eigenvalue weighted by Gasteiger charge is -2.10. The summed E-state index contributed by atoms with van der Waals surface area (Å²) in [4.78, 5) is 35.5. The van der Waals surface area contributed by atoms with Crippen LogP contribution >= 0.6 is 0 Å². The number of rotatable bonds is 7. The maximum absolute atomic E-state index is 12.6. The van der Waals surface area contributed by atoms with Crippen molar-refractivity contribution in [2.75, 3.05) is 14.2 Å². The van der Waals surface area contributed by atoms with Gasteiger partial charge in [0.1, 0.15) is 11.5 Å². The van der Waals surface area contributed by atoms with E-state index in [1.807, 2.05) is 6.07 Å². The Labute approximate surface area is 151 Å². The molecule has 0 aliphatic rings. The smallest absolute Gasteiger partial charge is 0.337 e. The number of methoxy groups -OCH3 is 2. The third-order valence-electron chi connectivity index (χ3n) is 3.73. The Bertz CT molecular complexity index is 825. The summed E-state index contributed by atoms with van der Waals surface area (Å²) in [7, 11) is 2.81. The molecular weight excluding hydrogens is 336 g/mol. The van der Waals surface area contributed by atoms with E-state index in [2.05, 4.69) is 0 Å². The maximum Gasteiger partial charge on any atom is 0.337 e. The number of ether oxygens (including phenoxy) is 3. The highest BCUT2D eigenvalue weighted by Gasteiger charge is 2.16. The van der Waals surface area contributed by atoms with Gasteiger partial charge in [-0.25, -0.2) is 4.79 Å². The second kappa shape index (κ2) is 8.80. The van der Waals surface area contributed by atoms with Crippen molar-refractivity contribution in [3.05, 3.63) is 59.2 Å². The van der Waals surface area contributed by atoms with Gasteiger partial charge in [-0.15, -0.1) is 0 Å². The van der Waals surface area contributed by atoms with Crippen LogP contribution in [0.5, 0.6) is 11.5 Å². The second-order valence-corrected chi connectivity index (χ2v) is 5.57. The van der Waals surface area contributed by atoms with Crippen LogP contribution in [0.2, 0.25) is 0 Å². The number of ketones is 1. The molecule has 0 bridgehead atoms. The minimum atomic E-state index is -0.505. The number of hydrogen-bond acceptors (Lipinski definition) is 6. The zero-order valence-electron chi connectivity index (χ0n) is 14.9. The second-order valence-electron chi connectivity index (χ2n) is 5.57. The minimum absolute atomic E-state index is 0.187. The summed E-state index contributed by atoms with van der Waals surface area (Å²) >= 11 is 0. The maximum atomic E-state index is 12.6. The van der Waals surface area contributed by atoms with Gasteiger partial charge in [0.2, 0.25) is 0 Å². The molecule has 0 N–H and O–H groups in total. The van der Waals surface area contributed by atoms with Crippen molar-refractivity contribution in [3.63, 3.8) is 0 Å². The number of carbonyl (C=O) groups is 3. The molecule has 6 nitrogen and oxygen atoms in total. The average molecular weight is 356 g/mol. The molecule has 0 aromatic heterocycles. The van der Waals surface area contributed by atoms with E-state index in [0.717, 1.165) is 5.56 Å². The number of esters is 2. The van der Waals surface area contributed by atoms with Crippen LogP contribution < -0.4 is 9.47 Å². The first kappa shape index (κ1) is 19.2. The first-order chi connectivity index (χ1) is 12.4. The molecule has 0 saturated heterocycles. The molecule has 2 aromatic carbocycles. The molecule has 0 saturated carbocycles. The Morgan fingerprint density at radius 3 is 2.42 bits per heavy atom. The van der Waals surface area contributed by atoms with Gasteiger partial charge in [0, 0.05) is 13.3 Å². The first-order valence-electron chi connectivity index (χ1n) is 8.01. The zero-order valence-corrected chi connectivity index (χ0v) is 14.9. The van der Waals surface area contributed by atoms with Crippen molar-refractivity contribution >= 4 is 17.7 Å². The van der Waals surface area contributed by atoms with Crippen molar-refractivity contribution in [3.8, 4) is 11.5 Å². The van der Waals surface area contributed by atoms with Crippen LogP contribution in [0.15, 0.2) is 42.5 Å². The van der Waals surface area contributed by atoms with Gasteiger partial charge in [0.25, 0.3) is 0 Å². The molecule has 136 valence electrons. The van der Waals surface area contributed by atoms with E-state index < -0.39 is 11.9 Å². The van der Waals surface area contributed by atoms with E-state index in [0.29, 0.717) is 17.7 Å². The summed E-state index contributed by atoms with van der Waals surface area (Å²) in [5.74, 6) is -0.426. The lowest BCUT2D eigenvalue weighted by molar-refractivity contribution is -0.131. The van der Waals surface area contributed by atoms with Crippen LogP contribution in [-0.2, 0) is 16.0 Å². The van der Waals surface area contributed by atoms with Gasteiger partial charge in [-0.05, 0) is 42.3 Å². The van der Waals surface area contributed by atoms with Crippen LogP contribution in [0.25, 0.3) is 0 Å². The summed E-state index contributed by atoms with van der Waals surface area (Å²) in [6, 6.07) is 11.6. The van der Waals surface area contributed by atoms with Crippen molar-refractivity contribution in [2.24, 2.45) is 0 Å². The molecule has 0 radical (unpaired) electrons. The number of hydrogen-bond donors (Lipinski definition) is 0. The molecule has 0 fully saturated rings. The van der Waals surface area contributed by atoms with E-state index in [9.17, 15) is 14.4 Å². The highest BCUT2D eigenvalue weighted by Crippen LogP contribution is 2.26. The molecule has 2 rings (SSSR count). The molecule has 26 heavy (non-hydrogen) atoms. The predicted octanol–water partition coefficient (Wildman–Crippen LogP) is 3.22. The van der Waals surface area contributed by atoms with E-state index in [1.54, 1.807) is 30.3 Å². The average Bonchev–Trinajstić information content (AvgIpc) is 2.65. The summed E-state index contributed by atoms with van der Waals surface area (Å²) < 4.78 is 14.9. The number of Topliss-reactive ketones (excluding diaryl/α,β-unsaturated/α-hetero) is 1. The quantitative estimate of drug-likeness (QED) is 0.431. The highest BCUT2D eigenvalue weighted by molar-refractivity contribution is 5.99. The number of aryl methyl sites for hydroxylation is 1. The van der Waals surface area contributed by atoms with Gasteiger partial charge in [0.05, 0.1) is 25.3 Å². The van der Waals surface area contributed by atoms with Gasteiger partial charge in [-0.1, -0.05) is 12.1 Å². The van der Waals surface area contributed by atoms with Crippen LogP contribution in [0.3, 0.4) is 0 Å². The molecule has 0 aliphatic heterocycles. The van der Waals surface area contributed by atoms with Crippen LogP contribution in [-0.4, -0.2) is 31.9 Å². The van der Waals surface area contributed by atoms with Crippen LogP contribution in [0.1, 0.15) is 39.6 Å². The van der Waals surface area contributed by atoms with E-state index in [1.165, 1.54) is 27.2 Å². The first-order valence-corrected chi connectivity index (χ1v) is 8.01. The lowest BCUT2D eigenvalue weighted by Crippen LogP contribution is -2.09. The Hall–Kier alpha value is -3.15. The third kappa shape index (κ3) is 4.92. The Balaban J connectivity index is 2.17. The Morgan fingerprint density at radius 2 is 1.77 bits per heavy atom. The molecule has 2 aromatic rings. The highest BCUT2D eigenvalue weighted by atomic mass is 16.5. The monoisotopic (exact) mass is 356 g/mol. The molecular formula is C20H20O6. The van der Waals surface area contributed by atoms with Gasteiger partial charge in [-0.2, -0.15) is 0 Å². The summed E-state index contributed by atoms with van der Waals surface area (Å²) in [5.41, 5.74) is 1.54. The van der Waals surface area contributed by atoms with Gasteiger partial charge in [0.15, 0.2) is 5.78 Å². The molecule has 0 aliphatic carbocycles. The summed E-state index contributed by atoms with van der Waals surface area (Å²) in [6.07, 6.45) is 0.618. The van der Waals surface area contributed by atoms with Crippen molar-refractivity contribution in [2.45, 2.75) is 19.8 Å². The third-order valence-corrected chi connectivity index (χ3v) is 3.73. The van der Waals surface area contributed by atoms with Crippen molar-refractivity contribution < 1.29 is 28.6 Å². The zero-order chi connectivity index (χ0) is 19.1. The van der Waals surface area contributed by atoms with Gasteiger partial charge in [-0.3, -0.25) is 9.59 Å². The van der Waals surface area contributed by atoms with E-state index in [-0.39, 0.29) is 23.5 Å². The molecule has 0 atom stereocenters. The summed E-state index contributed by atoms with van der Waals surface area (Å²) in [6.45, 7) is 1.27. The largest absolute Gasteiger partial charge is 0.497 e. The lowest BCUT2D eigenvalue weighted by atomic mass is 10.0. The van der Waals surface area contributed by atoms with Crippen molar-refractivity contribution in [1.82, 2.24) is 0 Å². The predicted molar refractivity (Wildman–Crippen MR) is 94.7 cm³/mol. The van der Waals surface area contributed by atoms with Crippen molar-refractivity contribution in [1.29, 1.82) is 0 Å². The summed E-state index contributed by atoms with van der Waals surface area (Å²) in [5, 5.41) is 0. The molecule has 0 heterocycles. The standard InChI is InChI=1S/C20H20O6/c1-13(21)26-19-10-8-16(24-2)12-17(19)18(22)9-7-14-5-4-6-15(11-14)20(23)25-3/h4-6,8,10-12H,7,9H2,1-3H3. The fourth-order valence-electron chi connectivity index (χ4n) is 2.46. The fraction of sp³-hybridized carbons (Fsp3) is 0.250. The molecule has 0 spiro atoms. The minimum Gasteiger partial charge on any atom is -0.497 e. The molecule has 0 amide bonds. The van der Waals surface area contributed by atoms with E-state index >= 15 is 0 Å². The van der Waals surface area contributed by atoms with Gasteiger partial charge < -0.3 is 14.2 Å². The van der Waals surface area contributed by atoms with Gasteiger partial charge >= 0.3 is 11.9 Å². The van der Waals surface area contributed by atoms with E-state index in [4.69, 9.17) is 14.2 Å². The number of carbonyl (C=O) groups excluding carboxylic acids is 3. The molecule has 0 unspecified atom stereocenters. The fourth-order valence-corrected chi connectivity index (χ4v) is 2.46. The van der Waals surface area contributed by atoms with Crippen LogP contribution in [0, 0.1) is 0 Å². The Morgan fingerprint density at radius 1 is 1.00 bits per heavy atom. The molecule has 6 heteroatoms. The SMILES string of the molecule is COC(=O)c1cccc(CCC(=O)c2cc(OC)ccc2OC(C)=O)c1. The number of benzene rings is 2.